The molecule has 3 aromatic rings. The largest absolute Gasteiger partial charge is 0.491 e. The smallest absolute Gasteiger partial charge is 0.272 e. The summed E-state index contributed by atoms with van der Waals surface area (Å²) in [6.45, 7) is 5.25. The fraction of sp³-hybridized carbons (Fsp3) is 0.400. The molecule has 0 fully saturated rings. The molecule has 188 valence electrons. The number of hydrogen-bond donors (Lipinski definition) is 0. The summed E-state index contributed by atoms with van der Waals surface area (Å²) >= 11 is 1.48. The number of rotatable bonds is 10. The Morgan fingerprint density at radius 1 is 1.11 bits per heavy atom. The van der Waals surface area contributed by atoms with Crippen molar-refractivity contribution in [3.05, 3.63) is 58.2 Å². The maximum absolute atomic E-state index is 12.6. The Bertz CT molecular complexity index is 1270. The maximum atomic E-state index is 12.6. The molecule has 0 atom stereocenters. The van der Waals surface area contributed by atoms with Gasteiger partial charge in [-0.3, -0.25) is 9.78 Å². The minimum Gasteiger partial charge on any atom is -0.491 e. The number of carbonyl (C=O) groups excluding carboxylic acids is 1. The molecule has 2 aromatic heterocycles. The number of pyridine rings is 1. The summed E-state index contributed by atoms with van der Waals surface area (Å²) in [6, 6.07) is 8.48. The van der Waals surface area contributed by atoms with E-state index in [0.717, 1.165) is 28.4 Å². The lowest BCUT2D eigenvalue weighted by Gasteiger charge is -2.19. The standard InChI is InChI=1S/C25H32N4O4S2/c1-17(2)33-23-10-8-20(35(6,31)32)13-19(23)14-24-27-22(16-34-24)18-7-9-21(26-15-18)25(30)29(5)12-11-28(3)4/h7-10,13,15-17H,11-12,14H2,1-6H3. The predicted octanol–water partition coefficient (Wildman–Crippen LogP) is 3.62. The summed E-state index contributed by atoms with van der Waals surface area (Å²) in [5.41, 5.74) is 2.72. The van der Waals surface area contributed by atoms with Crippen LogP contribution in [0.25, 0.3) is 11.3 Å². The molecule has 0 spiro atoms. The molecule has 0 radical (unpaired) electrons. The second-order valence-corrected chi connectivity index (χ2v) is 11.9. The topological polar surface area (TPSA) is 92.7 Å². The van der Waals surface area contributed by atoms with Crippen LogP contribution in [0.2, 0.25) is 0 Å². The normalized spacial score (nSPS) is 11.8. The Labute approximate surface area is 211 Å². The molecule has 1 amide bonds. The van der Waals surface area contributed by atoms with E-state index < -0.39 is 9.84 Å². The highest BCUT2D eigenvalue weighted by Gasteiger charge is 2.16. The summed E-state index contributed by atoms with van der Waals surface area (Å²) in [4.78, 5) is 25.6. The lowest BCUT2D eigenvalue weighted by atomic mass is 10.1. The van der Waals surface area contributed by atoms with E-state index >= 15 is 0 Å². The van der Waals surface area contributed by atoms with Gasteiger partial charge in [-0.2, -0.15) is 0 Å². The monoisotopic (exact) mass is 516 g/mol. The molecule has 8 nitrogen and oxygen atoms in total. The molecule has 0 saturated carbocycles. The van der Waals surface area contributed by atoms with Crippen LogP contribution >= 0.6 is 11.3 Å². The van der Waals surface area contributed by atoms with Crippen LogP contribution in [0.15, 0.2) is 46.8 Å². The molecule has 0 aliphatic rings. The van der Waals surface area contributed by atoms with Crippen molar-refractivity contribution in [1.82, 2.24) is 19.8 Å². The molecule has 0 N–H and O–H groups in total. The number of likely N-dealkylation sites (N-methyl/N-ethyl adjacent to an activating group) is 2. The van der Waals surface area contributed by atoms with Gasteiger partial charge in [-0.25, -0.2) is 13.4 Å². The van der Waals surface area contributed by atoms with Crippen molar-refractivity contribution >= 4 is 27.1 Å². The van der Waals surface area contributed by atoms with Gasteiger partial charge in [-0.1, -0.05) is 0 Å². The second-order valence-electron chi connectivity index (χ2n) is 8.97. The van der Waals surface area contributed by atoms with Crippen LogP contribution in [-0.4, -0.2) is 80.7 Å². The van der Waals surface area contributed by atoms with Gasteiger partial charge in [0.2, 0.25) is 0 Å². The Balaban J connectivity index is 1.78. The average Bonchev–Trinajstić information content (AvgIpc) is 3.25. The summed E-state index contributed by atoms with van der Waals surface area (Å²) in [7, 11) is 2.36. The lowest BCUT2D eigenvalue weighted by Crippen LogP contribution is -2.33. The number of aromatic nitrogens is 2. The molecule has 0 unspecified atom stereocenters. The van der Waals surface area contributed by atoms with Gasteiger partial charge in [-0.05, 0) is 58.3 Å². The fourth-order valence-electron chi connectivity index (χ4n) is 3.30. The minimum absolute atomic E-state index is 0.0427. The van der Waals surface area contributed by atoms with Crippen LogP contribution < -0.4 is 4.74 Å². The van der Waals surface area contributed by atoms with Crippen molar-refractivity contribution in [3.63, 3.8) is 0 Å². The first kappa shape index (κ1) is 26.8. The third-order valence-electron chi connectivity index (χ3n) is 5.22. The summed E-state index contributed by atoms with van der Waals surface area (Å²) in [5, 5.41) is 2.75. The molecule has 0 saturated heterocycles. The van der Waals surface area contributed by atoms with E-state index in [2.05, 4.69) is 4.98 Å². The van der Waals surface area contributed by atoms with Crippen LogP contribution in [0.5, 0.6) is 5.75 Å². The molecule has 35 heavy (non-hydrogen) atoms. The summed E-state index contributed by atoms with van der Waals surface area (Å²) in [6.07, 6.45) is 3.25. The molecule has 3 rings (SSSR count). The molecule has 2 heterocycles. The van der Waals surface area contributed by atoms with Gasteiger partial charge in [0, 0.05) is 55.5 Å². The SMILES string of the molecule is CC(C)Oc1ccc(S(C)(=O)=O)cc1Cc1nc(-c2ccc(C(=O)N(C)CCN(C)C)nc2)cs1. The van der Waals surface area contributed by atoms with Gasteiger partial charge in [-0.15, -0.1) is 11.3 Å². The quantitative estimate of drug-likeness (QED) is 0.406. The van der Waals surface area contributed by atoms with E-state index in [0.29, 0.717) is 24.4 Å². The zero-order valence-corrected chi connectivity index (χ0v) is 22.6. The third kappa shape index (κ3) is 7.33. The molecule has 0 bridgehead atoms. The van der Waals surface area contributed by atoms with E-state index in [1.807, 2.05) is 44.3 Å². The highest BCUT2D eigenvalue weighted by atomic mass is 32.2. The maximum Gasteiger partial charge on any atom is 0.272 e. The highest BCUT2D eigenvalue weighted by Crippen LogP contribution is 2.29. The first-order valence-electron chi connectivity index (χ1n) is 11.2. The van der Waals surface area contributed by atoms with Gasteiger partial charge in [0.15, 0.2) is 9.84 Å². The number of sulfone groups is 1. The number of amides is 1. The lowest BCUT2D eigenvalue weighted by molar-refractivity contribution is 0.0780. The summed E-state index contributed by atoms with van der Waals surface area (Å²) < 4.78 is 30.0. The molecule has 0 aliphatic heterocycles. The van der Waals surface area contributed by atoms with Gasteiger partial charge in [0.25, 0.3) is 5.91 Å². The van der Waals surface area contributed by atoms with Crippen LogP contribution in [0.1, 0.15) is 34.9 Å². The molecular formula is C25H32N4O4S2. The van der Waals surface area contributed by atoms with E-state index in [4.69, 9.17) is 9.72 Å². The first-order valence-corrected chi connectivity index (χ1v) is 14.0. The van der Waals surface area contributed by atoms with Crippen LogP contribution in [0.3, 0.4) is 0 Å². The van der Waals surface area contributed by atoms with Gasteiger partial charge >= 0.3 is 0 Å². The number of benzene rings is 1. The number of carbonyl (C=O) groups is 1. The molecule has 10 heteroatoms. The van der Waals surface area contributed by atoms with Crippen LogP contribution in [-0.2, 0) is 16.3 Å². The zero-order chi connectivity index (χ0) is 25.8. The van der Waals surface area contributed by atoms with Crippen LogP contribution in [0.4, 0.5) is 0 Å². The first-order chi connectivity index (χ1) is 16.4. The van der Waals surface area contributed by atoms with Gasteiger partial charge in [0.1, 0.15) is 11.4 Å². The van der Waals surface area contributed by atoms with Crippen molar-refractivity contribution in [2.75, 3.05) is 40.5 Å². The average molecular weight is 517 g/mol. The Morgan fingerprint density at radius 3 is 2.46 bits per heavy atom. The number of ether oxygens (including phenoxy) is 1. The summed E-state index contributed by atoms with van der Waals surface area (Å²) in [5.74, 6) is 0.521. The third-order valence-corrected chi connectivity index (χ3v) is 7.18. The Kier molecular flexibility index (Phi) is 8.63. The predicted molar refractivity (Wildman–Crippen MR) is 139 cm³/mol. The Hall–Kier alpha value is -2.82. The van der Waals surface area contributed by atoms with Crippen LogP contribution in [0, 0.1) is 0 Å². The van der Waals surface area contributed by atoms with E-state index in [1.54, 1.807) is 42.4 Å². The van der Waals surface area contributed by atoms with E-state index in [1.165, 1.54) is 17.6 Å². The van der Waals surface area contributed by atoms with Crippen molar-refractivity contribution < 1.29 is 17.9 Å². The Morgan fingerprint density at radius 2 is 1.86 bits per heavy atom. The number of thiazole rings is 1. The fourth-order valence-corrected chi connectivity index (χ4v) is 4.80. The number of nitrogens with zero attached hydrogens (tertiary/aromatic N) is 4. The van der Waals surface area contributed by atoms with Crippen molar-refractivity contribution in [2.45, 2.75) is 31.3 Å². The zero-order valence-electron chi connectivity index (χ0n) is 21.0. The van der Waals surface area contributed by atoms with E-state index in [9.17, 15) is 13.2 Å². The minimum atomic E-state index is -3.34. The molecule has 0 aliphatic carbocycles. The molecular weight excluding hydrogens is 484 g/mol. The van der Waals surface area contributed by atoms with Crippen molar-refractivity contribution in [2.24, 2.45) is 0 Å². The van der Waals surface area contributed by atoms with Gasteiger partial charge in [0.05, 0.1) is 21.7 Å². The van der Waals surface area contributed by atoms with Crippen molar-refractivity contribution in [3.8, 4) is 17.0 Å². The van der Waals surface area contributed by atoms with E-state index in [-0.39, 0.29) is 16.9 Å². The van der Waals surface area contributed by atoms with Crippen molar-refractivity contribution in [1.29, 1.82) is 0 Å². The van der Waals surface area contributed by atoms with Gasteiger partial charge < -0.3 is 14.5 Å². The molecule has 1 aromatic carbocycles. The highest BCUT2D eigenvalue weighted by molar-refractivity contribution is 7.90. The second kappa shape index (κ2) is 11.3. The number of hydrogen-bond acceptors (Lipinski definition) is 8.